The molecule has 0 unspecified atom stereocenters. The predicted octanol–water partition coefficient (Wildman–Crippen LogP) is 3.74. The maximum atomic E-state index is 12.5. The summed E-state index contributed by atoms with van der Waals surface area (Å²) in [6, 6.07) is 4.97. The van der Waals surface area contributed by atoms with E-state index in [2.05, 4.69) is 5.32 Å². The second-order valence-corrected chi connectivity index (χ2v) is 5.60. The lowest BCUT2D eigenvalue weighted by Crippen LogP contribution is -2.18. The molecule has 0 spiro atoms. The van der Waals surface area contributed by atoms with E-state index in [1.54, 1.807) is 25.1 Å². The van der Waals surface area contributed by atoms with E-state index >= 15 is 0 Å². The number of hydrogen-bond acceptors (Lipinski definition) is 3. The minimum absolute atomic E-state index is 0.193. The van der Waals surface area contributed by atoms with Gasteiger partial charge in [0, 0.05) is 16.1 Å². The molecule has 1 aromatic carbocycles. The summed E-state index contributed by atoms with van der Waals surface area (Å²) in [5.41, 5.74) is 8.04. The fourth-order valence-electron chi connectivity index (χ4n) is 2.15. The Labute approximate surface area is 133 Å². The van der Waals surface area contributed by atoms with Gasteiger partial charge in [-0.25, -0.2) is 0 Å². The summed E-state index contributed by atoms with van der Waals surface area (Å²) in [6.07, 6.45) is 0. The molecule has 0 radical (unpaired) electrons. The molecule has 21 heavy (non-hydrogen) atoms. The maximum absolute atomic E-state index is 12.5. The summed E-state index contributed by atoms with van der Waals surface area (Å²) in [4.78, 5) is 12.7. The van der Waals surface area contributed by atoms with Gasteiger partial charge >= 0.3 is 0 Å². The van der Waals surface area contributed by atoms with Crippen LogP contribution in [0.5, 0.6) is 0 Å². The summed E-state index contributed by atoms with van der Waals surface area (Å²) in [5.74, 6) is 1.02. The molecule has 1 heterocycles. The number of hydrogen-bond donors (Lipinski definition) is 2. The Balaban J connectivity index is 2.40. The van der Waals surface area contributed by atoms with Crippen molar-refractivity contribution in [3.8, 4) is 0 Å². The van der Waals surface area contributed by atoms with E-state index in [-0.39, 0.29) is 10.9 Å². The first kappa shape index (κ1) is 15.5. The number of halogens is 1. The first-order chi connectivity index (χ1) is 9.81. The molecule has 2 aromatic rings. The van der Waals surface area contributed by atoms with E-state index in [4.69, 9.17) is 34.0 Å². The van der Waals surface area contributed by atoms with Crippen molar-refractivity contribution in [3.05, 3.63) is 51.4 Å². The van der Waals surface area contributed by atoms with Gasteiger partial charge in [0.05, 0.1) is 11.3 Å². The molecule has 0 atom stereocenters. The van der Waals surface area contributed by atoms with Crippen molar-refractivity contribution in [1.82, 2.24) is 0 Å². The Morgan fingerprint density at radius 3 is 2.48 bits per heavy atom. The van der Waals surface area contributed by atoms with Gasteiger partial charge in [0.2, 0.25) is 0 Å². The third-order valence-electron chi connectivity index (χ3n) is 3.28. The van der Waals surface area contributed by atoms with Gasteiger partial charge < -0.3 is 15.5 Å². The van der Waals surface area contributed by atoms with Crippen LogP contribution in [0.4, 0.5) is 5.69 Å². The van der Waals surface area contributed by atoms with Crippen molar-refractivity contribution in [1.29, 1.82) is 0 Å². The molecular weight excluding hydrogens is 308 g/mol. The minimum atomic E-state index is -0.276. The second-order valence-electron chi connectivity index (χ2n) is 4.72. The van der Waals surface area contributed by atoms with E-state index < -0.39 is 0 Å². The molecule has 0 fully saturated rings. The highest BCUT2D eigenvalue weighted by atomic mass is 35.5. The Hall–Kier alpha value is -1.85. The van der Waals surface area contributed by atoms with Gasteiger partial charge in [-0.05, 0) is 39.0 Å². The highest BCUT2D eigenvalue weighted by Gasteiger charge is 2.20. The third kappa shape index (κ3) is 3.09. The van der Waals surface area contributed by atoms with Crippen molar-refractivity contribution >= 4 is 40.4 Å². The van der Waals surface area contributed by atoms with Crippen molar-refractivity contribution < 1.29 is 9.21 Å². The summed E-state index contributed by atoms with van der Waals surface area (Å²) >= 11 is 10.9. The molecule has 1 amide bonds. The smallest absolute Gasteiger partial charge is 0.259 e. The summed E-state index contributed by atoms with van der Waals surface area (Å²) in [7, 11) is 0. The lowest BCUT2D eigenvalue weighted by molar-refractivity contribution is 0.102. The molecule has 6 heteroatoms. The highest BCUT2D eigenvalue weighted by molar-refractivity contribution is 7.80. The topological polar surface area (TPSA) is 68.3 Å². The van der Waals surface area contributed by atoms with E-state index in [0.717, 1.165) is 11.3 Å². The predicted molar refractivity (Wildman–Crippen MR) is 88.2 cm³/mol. The lowest BCUT2D eigenvalue weighted by Gasteiger charge is -2.11. The molecule has 4 nitrogen and oxygen atoms in total. The van der Waals surface area contributed by atoms with Crippen LogP contribution in [-0.2, 0) is 0 Å². The monoisotopic (exact) mass is 322 g/mol. The van der Waals surface area contributed by atoms with Crippen molar-refractivity contribution in [2.75, 3.05) is 5.32 Å². The van der Waals surface area contributed by atoms with Crippen LogP contribution in [0, 0.1) is 20.8 Å². The maximum Gasteiger partial charge on any atom is 0.259 e. The summed E-state index contributed by atoms with van der Waals surface area (Å²) in [6.45, 7) is 5.41. The number of aryl methyl sites for hydroxylation is 2. The fraction of sp³-hybridized carbons (Fsp3) is 0.200. The Kier molecular flexibility index (Phi) is 4.34. The van der Waals surface area contributed by atoms with Crippen LogP contribution >= 0.6 is 23.8 Å². The molecule has 0 bridgehead atoms. The van der Waals surface area contributed by atoms with E-state index in [0.29, 0.717) is 27.6 Å². The number of anilines is 1. The average molecular weight is 323 g/mol. The molecule has 0 aliphatic heterocycles. The van der Waals surface area contributed by atoms with Gasteiger partial charge in [0.15, 0.2) is 0 Å². The molecule has 1 aromatic heterocycles. The summed E-state index contributed by atoms with van der Waals surface area (Å²) < 4.78 is 5.47. The highest BCUT2D eigenvalue weighted by Crippen LogP contribution is 2.25. The van der Waals surface area contributed by atoms with Crippen LogP contribution in [-0.4, -0.2) is 10.9 Å². The second kappa shape index (κ2) is 5.87. The molecule has 0 aliphatic carbocycles. The first-order valence-corrected chi connectivity index (χ1v) is 7.07. The van der Waals surface area contributed by atoms with Crippen LogP contribution in [0.25, 0.3) is 0 Å². The van der Waals surface area contributed by atoms with Crippen LogP contribution < -0.4 is 11.1 Å². The Bertz CT molecular complexity index is 738. The van der Waals surface area contributed by atoms with Crippen LogP contribution in [0.1, 0.15) is 33.0 Å². The van der Waals surface area contributed by atoms with Crippen LogP contribution in [0.2, 0.25) is 5.02 Å². The molecule has 0 aliphatic rings. The van der Waals surface area contributed by atoms with E-state index in [9.17, 15) is 4.79 Å². The summed E-state index contributed by atoms with van der Waals surface area (Å²) in [5, 5.41) is 3.28. The average Bonchev–Trinajstić information content (AvgIpc) is 2.62. The number of nitrogens with two attached hydrogens (primary N) is 1. The molecule has 0 saturated heterocycles. The zero-order chi connectivity index (χ0) is 15.7. The van der Waals surface area contributed by atoms with Gasteiger partial charge in [-0.1, -0.05) is 23.8 Å². The molecular formula is C15H15ClN2O2S. The normalized spacial score (nSPS) is 10.5. The zero-order valence-electron chi connectivity index (χ0n) is 11.9. The van der Waals surface area contributed by atoms with E-state index in [1.165, 1.54) is 0 Å². The van der Waals surface area contributed by atoms with Gasteiger partial charge in [-0.3, -0.25) is 4.79 Å². The molecule has 110 valence electrons. The van der Waals surface area contributed by atoms with Crippen molar-refractivity contribution in [2.45, 2.75) is 20.8 Å². The molecule has 0 saturated carbocycles. The van der Waals surface area contributed by atoms with Gasteiger partial charge in [-0.15, -0.1) is 0 Å². The number of benzene rings is 1. The first-order valence-electron chi connectivity index (χ1n) is 6.28. The number of amides is 1. The zero-order valence-corrected chi connectivity index (χ0v) is 13.5. The minimum Gasteiger partial charge on any atom is -0.466 e. The van der Waals surface area contributed by atoms with Crippen molar-refractivity contribution in [2.24, 2.45) is 5.73 Å². The number of nitrogens with one attached hydrogen (secondary N) is 1. The Morgan fingerprint density at radius 1 is 1.29 bits per heavy atom. The molecule has 3 N–H and O–H groups in total. The van der Waals surface area contributed by atoms with Crippen LogP contribution in [0.15, 0.2) is 22.6 Å². The van der Waals surface area contributed by atoms with Gasteiger partial charge in [0.25, 0.3) is 5.91 Å². The number of furan rings is 1. The quantitative estimate of drug-likeness (QED) is 0.845. The standard InChI is InChI=1S/C15H15ClN2O2S/c1-7-8(2)20-9(3)13(7)15(19)18-12-6-10(16)4-5-11(12)14(17)21/h4-6H,1-3H3,(H2,17,21)(H,18,19). The van der Waals surface area contributed by atoms with E-state index in [1.807, 2.05) is 13.8 Å². The van der Waals surface area contributed by atoms with Gasteiger partial charge in [-0.2, -0.15) is 0 Å². The number of rotatable bonds is 3. The Morgan fingerprint density at radius 2 is 1.95 bits per heavy atom. The SMILES string of the molecule is Cc1oc(C)c(C(=O)Nc2cc(Cl)ccc2C(N)=S)c1C. The number of thiocarbonyl (C=S) groups is 1. The van der Waals surface area contributed by atoms with Crippen molar-refractivity contribution in [3.63, 3.8) is 0 Å². The third-order valence-corrected chi connectivity index (χ3v) is 3.74. The van der Waals surface area contributed by atoms with Gasteiger partial charge in [0.1, 0.15) is 16.5 Å². The lowest BCUT2D eigenvalue weighted by atomic mass is 10.1. The molecule has 2 rings (SSSR count). The number of carbonyl (C=O) groups is 1. The fourth-order valence-corrected chi connectivity index (χ4v) is 2.50. The van der Waals surface area contributed by atoms with Crippen LogP contribution in [0.3, 0.4) is 0 Å². The largest absolute Gasteiger partial charge is 0.466 e. The number of carbonyl (C=O) groups excluding carboxylic acids is 1.